The van der Waals surface area contributed by atoms with Crippen LogP contribution in [0.2, 0.25) is 0 Å². The van der Waals surface area contributed by atoms with E-state index < -0.39 is 0 Å². The smallest absolute Gasteiger partial charge is 0.0624 e. The highest BCUT2D eigenvalue weighted by Crippen LogP contribution is 2.24. The monoisotopic (exact) mass is 289 g/mol. The van der Waals surface area contributed by atoms with Gasteiger partial charge in [0.25, 0.3) is 0 Å². The van der Waals surface area contributed by atoms with Crippen molar-refractivity contribution in [3.05, 3.63) is 33.4 Å². The molecule has 1 fully saturated rings. The summed E-state index contributed by atoms with van der Waals surface area (Å²) in [5.74, 6) is 0.386. The second-order valence-electron chi connectivity index (χ2n) is 3.36. The van der Waals surface area contributed by atoms with Crippen molar-refractivity contribution in [3.8, 4) is 0 Å². The van der Waals surface area contributed by atoms with Crippen LogP contribution in [0.4, 0.5) is 0 Å². The van der Waals surface area contributed by atoms with E-state index in [0.29, 0.717) is 12.5 Å². The maximum absolute atomic E-state index is 5.92. The fourth-order valence-corrected chi connectivity index (χ4v) is 1.98. The van der Waals surface area contributed by atoms with Gasteiger partial charge in [0.1, 0.15) is 0 Å². The molecule has 2 nitrogen and oxygen atoms in total. The average molecular weight is 289 g/mol. The molecule has 0 saturated carbocycles. The third-order valence-corrected chi connectivity index (χ3v) is 3.14. The molecule has 13 heavy (non-hydrogen) atoms. The first-order valence-electron chi connectivity index (χ1n) is 4.36. The van der Waals surface area contributed by atoms with Gasteiger partial charge < -0.3 is 10.5 Å². The van der Waals surface area contributed by atoms with Crippen LogP contribution in [0.1, 0.15) is 11.5 Å². The van der Waals surface area contributed by atoms with Gasteiger partial charge in [0.05, 0.1) is 13.2 Å². The topological polar surface area (TPSA) is 35.2 Å². The lowest BCUT2D eigenvalue weighted by atomic mass is 9.95. The van der Waals surface area contributed by atoms with Gasteiger partial charge in [0, 0.05) is 15.5 Å². The Morgan fingerprint density at radius 3 is 2.46 bits per heavy atom. The summed E-state index contributed by atoms with van der Waals surface area (Å²) in [6, 6.07) is 8.67. The van der Waals surface area contributed by atoms with Gasteiger partial charge in [-0.15, -0.1) is 0 Å². The number of hydrogen-bond donors (Lipinski definition) is 1. The lowest BCUT2D eigenvalue weighted by molar-refractivity contribution is 0.191. The van der Waals surface area contributed by atoms with E-state index in [4.69, 9.17) is 10.5 Å². The molecule has 1 aromatic rings. The van der Waals surface area contributed by atoms with Crippen molar-refractivity contribution in [2.75, 3.05) is 13.2 Å². The first-order chi connectivity index (χ1) is 6.27. The van der Waals surface area contributed by atoms with Crippen LogP contribution in [0.25, 0.3) is 0 Å². The minimum Gasteiger partial charge on any atom is -0.379 e. The molecule has 0 aliphatic carbocycles. The predicted octanol–water partition coefficient (Wildman–Crippen LogP) is 1.73. The van der Waals surface area contributed by atoms with Gasteiger partial charge in [-0.3, -0.25) is 0 Å². The third-order valence-electron chi connectivity index (χ3n) is 2.42. The quantitative estimate of drug-likeness (QED) is 0.799. The molecule has 2 N–H and O–H groups in total. The summed E-state index contributed by atoms with van der Waals surface area (Å²) in [5, 5.41) is 0. The molecule has 0 aromatic heterocycles. The largest absolute Gasteiger partial charge is 0.379 e. The Balaban J connectivity index is 2.20. The summed E-state index contributed by atoms with van der Waals surface area (Å²) in [5.41, 5.74) is 7.22. The van der Waals surface area contributed by atoms with Crippen LogP contribution >= 0.6 is 22.6 Å². The molecule has 0 radical (unpaired) electrons. The number of benzene rings is 1. The van der Waals surface area contributed by atoms with E-state index in [9.17, 15) is 0 Å². The minimum absolute atomic E-state index is 0.167. The SMILES string of the molecule is N[C@H]1COC[C@H]1c1ccc(I)cc1. The van der Waals surface area contributed by atoms with Crippen molar-refractivity contribution in [1.82, 2.24) is 0 Å². The van der Waals surface area contributed by atoms with Gasteiger partial charge in [0.2, 0.25) is 0 Å². The Labute approximate surface area is 91.6 Å². The zero-order chi connectivity index (χ0) is 9.26. The van der Waals surface area contributed by atoms with Gasteiger partial charge in [-0.25, -0.2) is 0 Å². The molecule has 2 rings (SSSR count). The van der Waals surface area contributed by atoms with Crippen LogP contribution in [0.15, 0.2) is 24.3 Å². The molecule has 0 amide bonds. The number of halogens is 1. The van der Waals surface area contributed by atoms with Crippen LogP contribution in [0.3, 0.4) is 0 Å². The Bertz CT molecular complexity index is 285. The van der Waals surface area contributed by atoms with Gasteiger partial charge in [-0.1, -0.05) is 12.1 Å². The van der Waals surface area contributed by atoms with Crippen LogP contribution < -0.4 is 5.73 Å². The molecule has 2 atom stereocenters. The zero-order valence-electron chi connectivity index (χ0n) is 7.24. The molecule has 3 heteroatoms. The standard InChI is InChI=1S/C10H12INO/c11-8-3-1-7(2-4-8)9-5-13-6-10(9)12/h1-4,9-10H,5-6,12H2/t9-,10-/m0/s1. The summed E-state index contributed by atoms with van der Waals surface area (Å²) in [6.07, 6.45) is 0. The zero-order valence-corrected chi connectivity index (χ0v) is 9.40. The molecule has 0 unspecified atom stereocenters. The highest BCUT2D eigenvalue weighted by molar-refractivity contribution is 14.1. The van der Waals surface area contributed by atoms with E-state index in [-0.39, 0.29) is 6.04 Å². The summed E-state index contributed by atoms with van der Waals surface area (Å²) in [4.78, 5) is 0. The molecule has 1 aromatic carbocycles. The molecule has 0 spiro atoms. The summed E-state index contributed by atoms with van der Waals surface area (Å²) >= 11 is 2.30. The fourth-order valence-electron chi connectivity index (χ4n) is 1.62. The van der Waals surface area contributed by atoms with Gasteiger partial charge in [-0.05, 0) is 40.3 Å². The van der Waals surface area contributed by atoms with Crippen molar-refractivity contribution in [3.63, 3.8) is 0 Å². The molecule has 70 valence electrons. The predicted molar refractivity (Wildman–Crippen MR) is 60.7 cm³/mol. The number of nitrogens with two attached hydrogens (primary N) is 1. The molecule has 1 aliphatic rings. The van der Waals surface area contributed by atoms with Crippen LogP contribution in [-0.4, -0.2) is 19.3 Å². The van der Waals surface area contributed by atoms with E-state index >= 15 is 0 Å². The van der Waals surface area contributed by atoms with Crippen LogP contribution in [0, 0.1) is 3.57 Å². The maximum Gasteiger partial charge on any atom is 0.0624 e. The number of hydrogen-bond acceptors (Lipinski definition) is 2. The Kier molecular flexibility index (Phi) is 2.86. The summed E-state index contributed by atoms with van der Waals surface area (Å²) in [7, 11) is 0. The highest BCUT2D eigenvalue weighted by atomic mass is 127. The van der Waals surface area contributed by atoms with Gasteiger partial charge >= 0.3 is 0 Å². The Morgan fingerprint density at radius 2 is 1.92 bits per heavy atom. The van der Waals surface area contributed by atoms with E-state index in [1.807, 2.05) is 0 Å². The normalized spacial score (nSPS) is 27.8. The van der Waals surface area contributed by atoms with Crippen molar-refractivity contribution in [2.45, 2.75) is 12.0 Å². The molecule has 0 bridgehead atoms. The lowest BCUT2D eigenvalue weighted by Gasteiger charge is -2.13. The summed E-state index contributed by atoms with van der Waals surface area (Å²) in [6.45, 7) is 1.46. The molecule has 1 heterocycles. The fraction of sp³-hybridized carbons (Fsp3) is 0.400. The second kappa shape index (κ2) is 3.94. The van der Waals surface area contributed by atoms with E-state index in [2.05, 4.69) is 46.9 Å². The van der Waals surface area contributed by atoms with Crippen LogP contribution in [-0.2, 0) is 4.74 Å². The molecular formula is C10H12INO. The van der Waals surface area contributed by atoms with E-state index in [1.165, 1.54) is 9.13 Å². The number of ether oxygens (including phenoxy) is 1. The lowest BCUT2D eigenvalue weighted by Crippen LogP contribution is -2.26. The second-order valence-corrected chi connectivity index (χ2v) is 4.60. The Morgan fingerprint density at radius 1 is 1.23 bits per heavy atom. The van der Waals surface area contributed by atoms with Crippen molar-refractivity contribution < 1.29 is 4.74 Å². The molecular weight excluding hydrogens is 277 g/mol. The average Bonchev–Trinajstić information content (AvgIpc) is 2.53. The van der Waals surface area contributed by atoms with Crippen molar-refractivity contribution >= 4 is 22.6 Å². The van der Waals surface area contributed by atoms with E-state index in [0.717, 1.165) is 6.61 Å². The highest BCUT2D eigenvalue weighted by Gasteiger charge is 2.25. The van der Waals surface area contributed by atoms with E-state index in [1.54, 1.807) is 0 Å². The van der Waals surface area contributed by atoms with Crippen molar-refractivity contribution in [1.29, 1.82) is 0 Å². The Hall–Kier alpha value is -0.130. The summed E-state index contributed by atoms with van der Waals surface area (Å²) < 4.78 is 6.59. The maximum atomic E-state index is 5.92. The third kappa shape index (κ3) is 2.03. The van der Waals surface area contributed by atoms with Gasteiger partial charge in [0.15, 0.2) is 0 Å². The first-order valence-corrected chi connectivity index (χ1v) is 5.44. The van der Waals surface area contributed by atoms with Gasteiger partial charge in [-0.2, -0.15) is 0 Å². The minimum atomic E-state index is 0.167. The first kappa shape index (κ1) is 9.43. The molecule has 1 aliphatic heterocycles. The molecule has 1 saturated heterocycles. The van der Waals surface area contributed by atoms with Crippen molar-refractivity contribution in [2.24, 2.45) is 5.73 Å². The van der Waals surface area contributed by atoms with Crippen LogP contribution in [0.5, 0.6) is 0 Å². The number of rotatable bonds is 1.